The van der Waals surface area contributed by atoms with E-state index in [0.717, 1.165) is 0 Å². The van der Waals surface area contributed by atoms with Crippen molar-refractivity contribution in [2.45, 2.75) is 23.8 Å². The molecule has 21 heavy (non-hydrogen) atoms. The summed E-state index contributed by atoms with van der Waals surface area (Å²) < 4.78 is 26.3. The van der Waals surface area contributed by atoms with E-state index in [9.17, 15) is 13.2 Å². The van der Waals surface area contributed by atoms with Gasteiger partial charge in [0.05, 0.1) is 4.90 Å². The van der Waals surface area contributed by atoms with Crippen molar-refractivity contribution in [3.63, 3.8) is 0 Å². The number of carbonyl (C=O) groups excluding carboxylic acids is 1. The van der Waals surface area contributed by atoms with Gasteiger partial charge < -0.3 is 11.1 Å². The van der Waals surface area contributed by atoms with Crippen LogP contribution >= 0.6 is 12.4 Å². The predicted molar refractivity (Wildman–Crippen MR) is 83.0 cm³/mol. The van der Waals surface area contributed by atoms with Crippen molar-refractivity contribution in [2.24, 2.45) is 5.73 Å². The van der Waals surface area contributed by atoms with E-state index in [4.69, 9.17) is 5.73 Å². The van der Waals surface area contributed by atoms with Crippen molar-refractivity contribution in [2.75, 3.05) is 20.1 Å². The van der Waals surface area contributed by atoms with Crippen LogP contribution in [-0.2, 0) is 10.0 Å². The third kappa shape index (κ3) is 3.94. The lowest BCUT2D eigenvalue weighted by Crippen LogP contribution is -2.42. The molecule has 0 aliphatic carbocycles. The van der Waals surface area contributed by atoms with Gasteiger partial charge in [0.1, 0.15) is 0 Å². The molecular weight excluding hydrogens is 314 g/mol. The molecule has 0 atom stereocenters. The Morgan fingerprint density at radius 2 is 1.76 bits per heavy atom. The van der Waals surface area contributed by atoms with E-state index < -0.39 is 10.0 Å². The van der Waals surface area contributed by atoms with E-state index >= 15 is 0 Å². The molecule has 1 aliphatic heterocycles. The highest BCUT2D eigenvalue weighted by molar-refractivity contribution is 7.89. The van der Waals surface area contributed by atoms with Crippen LogP contribution in [0.1, 0.15) is 23.2 Å². The lowest BCUT2D eigenvalue weighted by Gasteiger charge is -2.29. The fourth-order valence-electron chi connectivity index (χ4n) is 2.19. The second kappa shape index (κ2) is 7.22. The summed E-state index contributed by atoms with van der Waals surface area (Å²) in [5.74, 6) is -0.238. The Morgan fingerprint density at radius 1 is 1.24 bits per heavy atom. The summed E-state index contributed by atoms with van der Waals surface area (Å²) in [6, 6.07) is 6.04. The zero-order valence-electron chi connectivity index (χ0n) is 11.8. The number of rotatable bonds is 3. The van der Waals surface area contributed by atoms with Crippen LogP contribution in [0.15, 0.2) is 29.2 Å². The number of piperidine rings is 1. The number of carbonyl (C=O) groups is 1. The van der Waals surface area contributed by atoms with Gasteiger partial charge in [0.15, 0.2) is 0 Å². The summed E-state index contributed by atoms with van der Waals surface area (Å²) in [7, 11) is -1.96. The molecule has 1 fully saturated rings. The van der Waals surface area contributed by atoms with Crippen LogP contribution in [0.3, 0.4) is 0 Å². The zero-order valence-corrected chi connectivity index (χ0v) is 13.4. The molecule has 6 nitrogen and oxygen atoms in total. The van der Waals surface area contributed by atoms with E-state index in [2.05, 4.69) is 5.32 Å². The average Bonchev–Trinajstić information content (AvgIpc) is 2.47. The Balaban J connectivity index is 0.00000220. The van der Waals surface area contributed by atoms with Gasteiger partial charge in [0.25, 0.3) is 5.91 Å². The van der Waals surface area contributed by atoms with Crippen molar-refractivity contribution in [3.8, 4) is 0 Å². The maximum absolute atomic E-state index is 12.4. The number of benzene rings is 1. The van der Waals surface area contributed by atoms with Crippen molar-refractivity contribution in [1.82, 2.24) is 9.62 Å². The first-order chi connectivity index (χ1) is 9.45. The molecule has 1 aromatic carbocycles. The second-order valence-electron chi connectivity index (χ2n) is 4.85. The number of hydrogen-bond donors (Lipinski definition) is 2. The zero-order chi connectivity index (χ0) is 14.8. The summed E-state index contributed by atoms with van der Waals surface area (Å²) in [4.78, 5) is 11.6. The van der Waals surface area contributed by atoms with Crippen LogP contribution in [0, 0.1) is 0 Å². The maximum atomic E-state index is 12.4. The van der Waals surface area contributed by atoms with Crippen LogP contribution in [0.25, 0.3) is 0 Å². The summed E-state index contributed by atoms with van der Waals surface area (Å²) >= 11 is 0. The number of sulfonamides is 1. The highest BCUT2D eigenvalue weighted by Gasteiger charge is 2.28. The summed E-state index contributed by atoms with van der Waals surface area (Å²) in [6.45, 7) is 0.890. The minimum absolute atomic E-state index is 0. The number of halogens is 1. The predicted octanol–water partition coefficient (Wildman–Crippen LogP) is 0.580. The van der Waals surface area contributed by atoms with Gasteiger partial charge in [-0.05, 0) is 37.1 Å². The van der Waals surface area contributed by atoms with Crippen LogP contribution in [0.2, 0.25) is 0 Å². The topological polar surface area (TPSA) is 92.5 Å². The number of nitrogens with one attached hydrogen (secondary N) is 1. The average molecular weight is 334 g/mol. The third-order valence-corrected chi connectivity index (χ3v) is 5.39. The molecule has 1 heterocycles. The summed E-state index contributed by atoms with van der Waals surface area (Å²) in [6.07, 6.45) is 1.35. The first kappa shape index (κ1) is 17.9. The standard InChI is InChI=1S/C13H19N3O3S.ClH/c1-15-13(17)10-2-4-12(5-3-10)20(18,19)16-8-6-11(14)7-9-16;/h2-5,11H,6-9,14H2,1H3,(H,15,17);1H. The highest BCUT2D eigenvalue weighted by atomic mass is 35.5. The van der Waals surface area contributed by atoms with Gasteiger partial charge >= 0.3 is 0 Å². The molecule has 0 bridgehead atoms. The van der Waals surface area contributed by atoms with E-state index in [0.29, 0.717) is 31.5 Å². The van der Waals surface area contributed by atoms with E-state index in [1.807, 2.05) is 0 Å². The maximum Gasteiger partial charge on any atom is 0.251 e. The molecule has 118 valence electrons. The molecule has 8 heteroatoms. The third-order valence-electron chi connectivity index (χ3n) is 3.48. The molecule has 1 aromatic rings. The lowest BCUT2D eigenvalue weighted by molar-refractivity contribution is 0.0963. The first-order valence-corrected chi connectivity index (χ1v) is 7.97. The molecule has 3 N–H and O–H groups in total. The van der Waals surface area contributed by atoms with Gasteiger partial charge in [-0.25, -0.2) is 8.42 Å². The molecule has 1 saturated heterocycles. The smallest absolute Gasteiger partial charge is 0.251 e. The van der Waals surface area contributed by atoms with Crippen molar-refractivity contribution >= 4 is 28.3 Å². The SMILES string of the molecule is CNC(=O)c1ccc(S(=O)(=O)N2CCC(N)CC2)cc1.Cl. The Hall–Kier alpha value is -1.15. The molecule has 2 rings (SSSR count). The van der Waals surface area contributed by atoms with Gasteiger partial charge in [0, 0.05) is 31.7 Å². The van der Waals surface area contributed by atoms with Crippen molar-refractivity contribution < 1.29 is 13.2 Å². The van der Waals surface area contributed by atoms with E-state index in [-0.39, 0.29) is 29.3 Å². The van der Waals surface area contributed by atoms with Gasteiger partial charge in [0.2, 0.25) is 10.0 Å². The summed E-state index contributed by atoms with van der Waals surface area (Å²) in [5.41, 5.74) is 6.22. The molecular formula is C13H20ClN3O3S. The largest absolute Gasteiger partial charge is 0.355 e. The van der Waals surface area contributed by atoms with Gasteiger partial charge in [-0.15, -0.1) is 12.4 Å². The van der Waals surface area contributed by atoms with Crippen LogP contribution < -0.4 is 11.1 Å². The Bertz CT molecular complexity index is 581. The molecule has 0 spiro atoms. The van der Waals surface area contributed by atoms with Gasteiger partial charge in [-0.3, -0.25) is 4.79 Å². The molecule has 0 radical (unpaired) electrons. The molecule has 0 unspecified atom stereocenters. The van der Waals surface area contributed by atoms with Gasteiger partial charge in [-0.1, -0.05) is 0 Å². The Labute approximate surface area is 131 Å². The Morgan fingerprint density at radius 3 is 2.24 bits per heavy atom. The van der Waals surface area contributed by atoms with E-state index in [1.54, 1.807) is 0 Å². The fourth-order valence-corrected chi connectivity index (χ4v) is 3.66. The number of nitrogens with zero attached hydrogens (tertiary/aromatic N) is 1. The number of hydrogen-bond acceptors (Lipinski definition) is 4. The number of nitrogens with two attached hydrogens (primary N) is 1. The quantitative estimate of drug-likeness (QED) is 0.846. The molecule has 1 aliphatic rings. The normalized spacial score (nSPS) is 17.0. The number of amides is 1. The molecule has 0 aromatic heterocycles. The fraction of sp³-hybridized carbons (Fsp3) is 0.462. The van der Waals surface area contributed by atoms with Crippen LogP contribution in [-0.4, -0.2) is 44.8 Å². The lowest BCUT2D eigenvalue weighted by atomic mass is 10.1. The minimum Gasteiger partial charge on any atom is -0.355 e. The van der Waals surface area contributed by atoms with Crippen molar-refractivity contribution in [3.05, 3.63) is 29.8 Å². The van der Waals surface area contributed by atoms with Crippen LogP contribution in [0.5, 0.6) is 0 Å². The van der Waals surface area contributed by atoms with Crippen molar-refractivity contribution in [1.29, 1.82) is 0 Å². The monoisotopic (exact) mass is 333 g/mol. The molecule has 0 saturated carbocycles. The van der Waals surface area contributed by atoms with Crippen LogP contribution in [0.4, 0.5) is 0 Å². The second-order valence-corrected chi connectivity index (χ2v) is 6.78. The Kier molecular flexibility index (Phi) is 6.15. The van der Waals surface area contributed by atoms with E-state index in [1.165, 1.54) is 35.6 Å². The minimum atomic E-state index is -3.49. The highest BCUT2D eigenvalue weighted by Crippen LogP contribution is 2.20. The molecule has 1 amide bonds. The summed E-state index contributed by atoms with van der Waals surface area (Å²) in [5, 5.41) is 2.49. The first-order valence-electron chi connectivity index (χ1n) is 6.53. The van der Waals surface area contributed by atoms with Gasteiger partial charge in [-0.2, -0.15) is 4.31 Å².